The zero-order valence-electron chi connectivity index (χ0n) is 23.0. The molecule has 2 aromatic rings. The number of esters is 2. The predicted molar refractivity (Wildman–Crippen MR) is 145 cm³/mol. The van der Waals surface area contributed by atoms with Gasteiger partial charge in [-0.3, -0.25) is 9.59 Å². The number of ether oxygens (including phenoxy) is 4. The Balaban J connectivity index is 1.86. The molecule has 3 atom stereocenters. The van der Waals surface area contributed by atoms with Crippen molar-refractivity contribution in [2.24, 2.45) is 5.92 Å². The number of allylic oxidation sites excluding steroid dienone is 3. The summed E-state index contributed by atoms with van der Waals surface area (Å²) in [5.74, 6) is -2.32. The summed E-state index contributed by atoms with van der Waals surface area (Å²) in [6, 6.07) is 14.7. The number of dihydropyridines is 1. The topological polar surface area (TPSA) is 100 Å². The number of carbonyl (C=O) groups excluding carboxylic acids is 3. The molecular weight excluding hydrogens is 498 g/mol. The van der Waals surface area contributed by atoms with Crippen molar-refractivity contribution >= 4 is 17.7 Å². The number of hydrogen-bond donors (Lipinski definition) is 1. The van der Waals surface area contributed by atoms with Gasteiger partial charge < -0.3 is 24.3 Å². The van der Waals surface area contributed by atoms with Crippen molar-refractivity contribution < 1.29 is 33.3 Å². The van der Waals surface area contributed by atoms with Gasteiger partial charge in [-0.1, -0.05) is 24.3 Å². The second-order valence-electron chi connectivity index (χ2n) is 9.39. The zero-order chi connectivity index (χ0) is 28.1. The van der Waals surface area contributed by atoms with Gasteiger partial charge in [-0.25, -0.2) is 4.79 Å². The lowest BCUT2D eigenvalue weighted by atomic mass is 9.67. The number of benzene rings is 2. The Morgan fingerprint density at radius 1 is 0.872 bits per heavy atom. The highest BCUT2D eigenvalue weighted by atomic mass is 16.5. The molecule has 0 saturated carbocycles. The van der Waals surface area contributed by atoms with Gasteiger partial charge >= 0.3 is 11.9 Å². The molecule has 0 fully saturated rings. The Bertz CT molecular complexity index is 1290. The molecule has 206 valence electrons. The lowest BCUT2D eigenvalue weighted by Crippen LogP contribution is -2.43. The largest absolute Gasteiger partial charge is 0.497 e. The van der Waals surface area contributed by atoms with Gasteiger partial charge in [0.15, 0.2) is 5.78 Å². The second kappa shape index (κ2) is 12.2. The maximum absolute atomic E-state index is 14.3. The van der Waals surface area contributed by atoms with Crippen molar-refractivity contribution in [3.63, 3.8) is 0 Å². The fraction of sp³-hybridized carbons (Fsp3) is 0.387. The quantitative estimate of drug-likeness (QED) is 0.362. The van der Waals surface area contributed by atoms with Crippen molar-refractivity contribution in [2.45, 2.75) is 46.0 Å². The number of carbonyl (C=O) groups is 3. The smallest absolute Gasteiger partial charge is 0.336 e. The highest BCUT2D eigenvalue weighted by Gasteiger charge is 2.49. The van der Waals surface area contributed by atoms with Crippen LogP contribution in [0.25, 0.3) is 0 Å². The molecule has 8 nitrogen and oxygen atoms in total. The molecule has 1 N–H and O–H groups in total. The van der Waals surface area contributed by atoms with Crippen LogP contribution in [-0.4, -0.2) is 44.7 Å². The summed E-state index contributed by atoms with van der Waals surface area (Å²) in [5.41, 5.74) is 3.58. The number of ketones is 1. The van der Waals surface area contributed by atoms with Crippen molar-refractivity contribution in [1.82, 2.24) is 5.32 Å². The van der Waals surface area contributed by atoms with Crippen LogP contribution in [0.2, 0.25) is 0 Å². The Hall–Kier alpha value is -4.07. The Kier molecular flexibility index (Phi) is 8.74. The van der Waals surface area contributed by atoms with Crippen molar-refractivity contribution in [1.29, 1.82) is 0 Å². The monoisotopic (exact) mass is 533 g/mol. The molecule has 0 spiro atoms. The molecular formula is C31H35NO7. The van der Waals surface area contributed by atoms with E-state index in [0.29, 0.717) is 47.1 Å². The fourth-order valence-electron chi connectivity index (χ4n) is 5.44. The molecule has 1 heterocycles. The third-order valence-electron chi connectivity index (χ3n) is 7.12. The number of rotatable bonds is 9. The van der Waals surface area contributed by atoms with Gasteiger partial charge in [0.05, 0.1) is 32.5 Å². The van der Waals surface area contributed by atoms with Crippen LogP contribution < -0.4 is 14.8 Å². The molecule has 8 heteroatoms. The van der Waals surface area contributed by atoms with E-state index in [4.69, 9.17) is 18.9 Å². The van der Waals surface area contributed by atoms with Crippen LogP contribution in [0.15, 0.2) is 71.1 Å². The van der Waals surface area contributed by atoms with Gasteiger partial charge in [-0.15, -0.1) is 0 Å². The molecule has 0 amide bonds. The van der Waals surface area contributed by atoms with Gasteiger partial charge in [-0.2, -0.15) is 0 Å². The van der Waals surface area contributed by atoms with E-state index in [0.717, 1.165) is 11.1 Å². The van der Waals surface area contributed by atoms with Gasteiger partial charge in [0.1, 0.15) is 17.4 Å². The Morgan fingerprint density at radius 2 is 1.49 bits per heavy atom. The molecule has 0 unspecified atom stereocenters. The third-order valence-corrected chi connectivity index (χ3v) is 7.12. The first-order valence-corrected chi connectivity index (χ1v) is 13.3. The lowest BCUT2D eigenvalue weighted by Gasteiger charge is -2.39. The summed E-state index contributed by atoms with van der Waals surface area (Å²) in [5, 5.41) is 3.32. The predicted octanol–water partition coefficient (Wildman–Crippen LogP) is 4.81. The van der Waals surface area contributed by atoms with Gasteiger partial charge in [-0.05, 0) is 69.5 Å². The summed E-state index contributed by atoms with van der Waals surface area (Å²) >= 11 is 0. The van der Waals surface area contributed by atoms with E-state index in [-0.39, 0.29) is 19.0 Å². The van der Waals surface area contributed by atoms with Crippen molar-refractivity contribution in [3.05, 3.63) is 82.2 Å². The maximum Gasteiger partial charge on any atom is 0.336 e. The van der Waals surface area contributed by atoms with Crippen LogP contribution in [0, 0.1) is 5.92 Å². The van der Waals surface area contributed by atoms with Crippen LogP contribution in [0.1, 0.15) is 57.1 Å². The molecule has 1 aliphatic heterocycles. The second-order valence-corrected chi connectivity index (χ2v) is 9.39. The van der Waals surface area contributed by atoms with Crippen LogP contribution in [0.4, 0.5) is 0 Å². The molecule has 4 rings (SSSR count). The molecule has 0 aromatic heterocycles. The van der Waals surface area contributed by atoms with E-state index < -0.39 is 29.7 Å². The molecule has 39 heavy (non-hydrogen) atoms. The van der Waals surface area contributed by atoms with E-state index >= 15 is 0 Å². The number of methoxy groups -OCH3 is 1. The van der Waals surface area contributed by atoms with Crippen molar-refractivity contribution in [2.75, 3.05) is 26.9 Å². The first-order chi connectivity index (χ1) is 18.8. The first kappa shape index (κ1) is 28.0. The molecule has 1 aliphatic carbocycles. The molecule has 0 bridgehead atoms. The average Bonchev–Trinajstić information content (AvgIpc) is 2.93. The van der Waals surface area contributed by atoms with Crippen LogP contribution in [0.5, 0.6) is 11.5 Å². The van der Waals surface area contributed by atoms with E-state index in [1.807, 2.05) is 62.4 Å². The average molecular weight is 534 g/mol. The van der Waals surface area contributed by atoms with Gasteiger partial charge in [0.25, 0.3) is 0 Å². The molecule has 0 radical (unpaired) electrons. The van der Waals surface area contributed by atoms with E-state index in [1.54, 1.807) is 21.0 Å². The number of nitrogens with one attached hydrogen (secondary N) is 1. The SMILES string of the molecule is CCOC(=O)C1=C(C)NC2=C(C(=O)[C@H](C(=O)OCC)[C@@H](c3ccc(OC)cc3)C2)[C@@H]1c1ccc(OCC)cc1. The van der Waals surface area contributed by atoms with Crippen molar-refractivity contribution in [3.8, 4) is 11.5 Å². The normalized spacial score (nSPS) is 20.6. The summed E-state index contributed by atoms with van der Waals surface area (Å²) < 4.78 is 21.7. The lowest BCUT2D eigenvalue weighted by molar-refractivity contribution is -0.152. The zero-order valence-corrected chi connectivity index (χ0v) is 23.0. The van der Waals surface area contributed by atoms with Gasteiger partial charge in [0, 0.05) is 28.8 Å². The molecule has 2 aliphatic rings. The van der Waals surface area contributed by atoms with E-state index in [1.165, 1.54) is 0 Å². The number of hydrogen-bond acceptors (Lipinski definition) is 8. The third kappa shape index (κ3) is 5.55. The highest BCUT2D eigenvalue weighted by Crippen LogP contribution is 2.48. The first-order valence-electron chi connectivity index (χ1n) is 13.3. The summed E-state index contributed by atoms with van der Waals surface area (Å²) in [6.45, 7) is 8.02. The van der Waals surface area contributed by atoms with E-state index in [9.17, 15) is 14.4 Å². The maximum atomic E-state index is 14.3. The van der Waals surface area contributed by atoms with Crippen LogP contribution in [-0.2, 0) is 23.9 Å². The minimum atomic E-state index is -1.06. The van der Waals surface area contributed by atoms with E-state index in [2.05, 4.69) is 5.32 Å². The van der Waals surface area contributed by atoms with Crippen LogP contribution in [0.3, 0.4) is 0 Å². The molecule has 2 aromatic carbocycles. The number of Topliss-reactive ketones (excluding diaryl/α,β-unsaturated/α-hetero) is 1. The van der Waals surface area contributed by atoms with Crippen LogP contribution >= 0.6 is 0 Å². The molecule has 0 saturated heterocycles. The van der Waals surface area contributed by atoms with Gasteiger partial charge in [0.2, 0.25) is 0 Å². The minimum absolute atomic E-state index is 0.150. The Labute approximate surface area is 229 Å². The summed E-state index contributed by atoms with van der Waals surface area (Å²) in [4.78, 5) is 40.9. The summed E-state index contributed by atoms with van der Waals surface area (Å²) in [6.07, 6.45) is 0.387. The summed E-state index contributed by atoms with van der Waals surface area (Å²) in [7, 11) is 1.58. The highest BCUT2D eigenvalue weighted by molar-refractivity contribution is 6.13. The fourth-order valence-corrected chi connectivity index (χ4v) is 5.44. The standard InChI is InChI=1S/C31H35NO7/c1-6-37-22-15-11-20(12-16-22)26-25(30(34)38-7-2)18(4)32-24-17-23(19-9-13-21(36-5)14-10-19)27(29(33)28(24)26)31(35)39-8-3/h9-16,23,26-27,32H,6-8,17H2,1-5H3/t23-,26-,27-/m1/s1. The Morgan fingerprint density at radius 3 is 2.08 bits per heavy atom. The minimum Gasteiger partial charge on any atom is -0.497 e.